The van der Waals surface area contributed by atoms with Gasteiger partial charge in [0, 0.05) is 25.4 Å². The van der Waals surface area contributed by atoms with Crippen LogP contribution in [0.5, 0.6) is 11.5 Å². The highest BCUT2D eigenvalue weighted by molar-refractivity contribution is 7.91. The summed E-state index contributed by atoms with van der Waals surface area (Å²) < 4.78 is 70.0. The van der Waals surface area contributed by atoms with Gasteiger partial charge in [0.15, 0.2) is 31.3 Å². The topological polar surface area (TPSA) is 152 Å². The number of methoxy groups -OCH3 is 3. The van der Waals surface area contributed by atoms with Crippen LogP contribution in [0.25, 0.3) is 5.69 Å². The first kappa shape index (κ1) is 28.2. The molecule has 1 aliphatic rings. The summed E-state index contributed by atoms with van der Waals surface area (Å²) in [6.45, 7) is 1.50. The Morgan fingerprint density at radius 1 is 1.11 bits per heavy atom. The Labute approximate surface area is 226 Å². The van der Waals surface area contributed by atoms with Crippen molar-refractivity contribution in [1.82, 2.24) is 24.7 Å². The number of nitrogens with zero attached hydrogens (tertiary/aromatic N) is 5. The lowest BCUT2D eigenvalue weighted by molar-refractivity contribution is 0.0948. The van der Waals surface area contributed by atoms with Gasteiger partial charge in [-0.3, -0.25) is 4.57 Å². The van der Waals surface area contributed by atoms with E-state index >= 15 is 0 Å². The lowest BCUT2D eigenvalue weighted by atomic mass is 10.1. The second-order valence-corrected chi connectivity index (χ2v) is 13.9. The molecule has 0 saturated carbocycles. The zero-order chi connectivity index (χ0) is 27.7. The minimum atomic E-state index is -3.95. The molecule has 1 fully saturated rings. The van der Waals surface area contributed by atoms with Gasteiger partial charge in [0.2, 0.25) is 0 Å². The molecule has 38 heavy (non-hydrogen) atoms. The van der Waals surface area contributed by atoms with Crippen molar-refractivity contribution < 1.29 is 31.0 Å². The monoisotopic (exact) mass is 585 g/mol. The molecule has 0 amide bonds. The number of benzene rings is 1. The Balaban J connectivity index is 1.80. The minimum Gasteiger partial charge on any atom is -0.494 e. The van der Waals surface area contributed by atoms with Crippen molar-refractivity contribution in [3.63, 3.8) is 0 Å². The molecular formula is C23H28ClN5O7S2. The molecule has 0 radical (unpaired) electrons. The molecule has 1 saturated heterocycles. The molecule has 0 unspecified atom stereocenters. The second kappa shape index (κ2) is 11.1. The van der Waals surface area contributed by atoms with Crippen molar-refractivity contribution in [2.24, 2.45) is 0 Å². The first-order valence-corrected chi connectivity index (χ1v) is 15.5. The van der Waals surface area contributed by atoms with Crippen LogP contribution in [0.15, 0.2) is 30.6 Å². The van der Waals surface area contributed by atoms with Crippen LogP contribution in [-0.4, -0.2) is 79.7 Å². The quantitative estimate of drug-likeness (QED) is 0.344. The zero-order valence-corrected chi connectivity index (χ0v) is 23.6. The molecule has 0 spiro atoms. The van der Waals surface area contributed by atoms with Gasteiger partial charge in [0.25, 0.3) is 0 Å². The van der Waals surface area contributed by atoms with E-state index in [-0.39, 0.29) is 23.2 Å². The SMILES string of the molecule is COc1cccc(OC)c1-n1c(CS(=O)(=O)[C@@H](C)[C@H](OC)c2ncc(Cl)cn2)nnc1[C@@H]1CCS(=O)(=O)C1. The molecule has 1 aromatic carbocycles. The number of para-hydroxylation sites is 1. The summed E-state index contributed by atoms with van der Waals surface area (Å²) in [6, 6.07) is 5.10. The average molecular weight is 586 g/mol. The fourth-order valence-electron chi connectivity index (χ4n) is 4.46. The van der Waals surface area contributed by atoms with Gasteiger partial charge in [-0.25, -0.2) is 26.8 Å². The van der Waals surface area contributed by atoms with Gasteiger partial charge in [0.05, 0.1) is 36.0 Å². The summed E-state index contributed by atoms with van der Waals surface area (Å²) in [6.07, 6.45) is 2.08. The van der Waals surface area contributed by atoms with E-state index in [9.17, 15) is 16.8 Å². The Morgan fingerprint density at radius 3 is 2.26 bits per heavy atom. The number of hydrogen-bond donors (Lipinski definition) is 0. The van der Waals surface area contributed by atoms with Gasteiger partial charge < -0.3 is 14.2 Å². The van der Waals surface area contributed by atoms with E-state index in [4.69, 9.17) is 25.8 Å². The normalized spacial score (nSPS) is 18.7. The van der Waals surface area contributed by atoms with Gasteiger partial charge in [-0.05, 0) is 25.5 Å². The van der Waals surface area contributed by atoms with Gasteiger partial charge >= 0.3 is 0 Å². The Bertz CT molecular complexity index is 1490. The molecule has 1 aliphatic heterocycles. The van der Waals surface area contributed by atoms with Crippen molar-refractivity contribution in [2.45, 2.75) is 36.4 Å². The number of hydrogen-bond acceptors (Lipinski definition) is 11. The Hall–Kier alpha value is -2.81. The maximum atomic E-state index is 13.7. The zero-order valence-electron chi connectivity index (χ0n) is 21.2. The molecule has 4 rings (SSSR count). The van der Waals surface area contributed by atoms with Gasteiger partial charge in [0.1, 0.15) is 34.9 Å². The van der Waals surface area contributed by atoms with Crippen LogP contribution in [-0.2, 0) is 30.2 Å². The standard InChI is InChI=1S/C23H28ClN5O7S2/c1-14(21(36-4)22-25-10-16(24)11-26-22)38(32,33)13-19-27-28-23(15-8-9-37(30,31)12-15)29(19)20-17(34-2)6-5-7-18(20)35-3/h5-7,10-11,14-15,21H,8-9,12-13H2,1-4H3/t14-,15+,21-/m0/s1. The first-order chi connectivity index (χ1) is 18.0. The summed E-state index contributed by atoms with van der Waals surface area (Å²) in [5.74, 6) is 0.185. The van der Waals surface area contributed by atoms with Crippen LogP contribution < -0.4 is 9.47 Å². The lowest BCUT2D eigenvalue weighted by Crippen LogP contribution is -2.30. The maximum absolute atomic E-state index is 13.7. The summed E-state index contributed by atoms with van der Waals surface area (Å²) in [7, 11) is -2.90. The van der Waals surface area contributed by atoms with Crippen molar-refractivity contribution in [1.29, 1.82) is 0 Å². The summed E-state index contributed by atoms with van der Waals surface area (Å²) in [5.41, 5.74) is 0.379. The smallest absolute Gasteiger partial charge is 0.163 e. The number of ether oxygens (including phenoxy) is 3. The van der Waals surface area contributed by atoms with Gasteiger partial charge in [-0.1, -0.05) is 17.7 Å². The summed E-state index contributed by atoms with van der Waals surface area (Å²) in [5, 5.41) is 7.71. The van der Waals surface area contributed by atoms with Crippen molar-refractivity contribution in [2.75, 3.05) is 32.8 Å². The Morgan fingerprint density at radius 2 is 1.74 bits per heavy atom. The number of aromatic nitrogens is 5. The molecule has 12 nitrogen and oxygen atoms in total. The highest BCUT2D eigenvalue weighted by Crippen LogP contribution is 2.38. The van der Waals surface area contributed by atoms with E-state index in [0.29, 0.717) is 34.5 Å². The third kappa shape index (κ3) is 5.63. The summed E-state index contributed by atoms with van der Waals surface area (Å²) >= 11 is 5.88. The molecule has 3 heterocycles. The number of halogens is 1. The molecule has 0 aliphatic carbocycles. The van der Waals surface area contributed by atoms with E-state index in [1.165, 1.54) is 45.2 Å². The maximum Gasteiger partial charge on any atom is 0.163 e. The third-order valence-electron chi connectivity index (χ3n) is 6.45. The van der Waals surface area contributed by atoms with Crippen molar-refractivity contribution in [3.8, 4) is 17.2 Å². The molecule has 2 aromatic heterocycles. The van der Waals surface area contributed by atoms with Crippen molar-refractivity contribution >= 4 is 31.3 Å². The third-order valence-corrected chi connectivity index (χ3v) is 10.5. The molecular weight excluding hydrogens is 558 g/mol. The number of sulfone groups is 2. The fourth-order valence-corrected chi connectivity index (χ4v) is 7.71. The number of rotatable bonds is 10. The molecule has 15 heteroatoms. The molecule has 206 valence electrons. The van der Waals surface area contributed by atoms with Crippen LogP contribution in [0, 0.1) is 0 Å². The Kier molecular flexibility index (Phi) is 8.26. The highest BCUT2D eigenvalue weighted by Gasteiger charge is 2.38. The first-order valence-electron chi connectivity index (χ1n) is 11.6. The van der Waals surface area contributed by atoms with E-state index in [0.717, 1.165) is 0 Å². The van der Waals surface area contributed by atoms with E-state index < -0.39 is 42.7 Å². The fraction of sp³-hybridized carbons (Fsp3) is 0.478. The van der Waals surface area contributed by atoms with Crippen LogP contribution >= 0.6 is 11.6 Å². The summed E-state index contributed by atoms with van der Waals surface area (Å²) in [4.78, 5) is 8.23. The van der Waals surface area contributed by atoms with E-state index in [1.807, 2.05) is 0 Å². The van der Waals surface area contributed by atoms with Crippen LogP contribution in [0.3, 0.4) is 0 Å². The van der Waals surface area contributed by atoms with Crippen LogP contribution in [0.2, 0.25) is 5.02 Å². The minimum absolute atomic E-state index is 0.00879. The van der Waals surface area contributed by atoms with Crippen LogP contribution in [0.4, 0.5) is 0 Å². The molecule has 0 N–H and O–H groups in total. The second-order valence-electron chi connectivity index (χ2n) is 8.85. The molecule has 0 bridgehead atoms. The van der Waals surface area contributed by atoms with Crippen LogP contribution in [0.1, 0.15) is 42.8 Å². The largest absolute Gasteiger partial charge is 0.494 e. The van der Waals surface area contributed by atoms with E-state index in [2.05, 4.69) is 20.2 Å². The molecule has 3 atom stereocenters. The van der Waals surface area contributed by atoms with Gasteiger partial charge in [-0.2, -0.15) is 0 Å². The van der Waals surface area contributed by atoms with Gasteiger partial charge in [-0.15, -0.1) is 10.2 Å². The molecule has 3 aromatic rings. The predicted molar refractivity (Wildman–Crippen MR) is 139 cm³/mol. The van der Waals surface area contributed by atoms with Crippen molar-refractivity contribution in [3.05, 3.63) is 53.1 Å². The average Bonchev–Trinajstić information content (AvgIpc) is 3.46. The highest BCUT2D eigenvalue weighted by atomic mass is 35.5. The predicted octanol–water partition coefficient (Wildman–Crippen LogP) is 2.32. The lowest BCUT2D eigenvalue weighted by Gasteiger charge is -2.22. The van der Waals surface area contributed by atoms with E-state index in [1.54, 1.807) is 18.2 Å².